The summed E-state index contributed by atoms with van der Waals surface area (Å²) in [5.74, 6) is -0.321. The van der Waals surface area contributed by atoms with Crippen LogP contribution in [0.4, 0.5) is 0 Å². The molecular weight excluding hydrogens is 877 g/mol. The number of allylic oxidation sites excluding steroid dienone is 14. The van der Waals surface area contributed by atoms with Crippen molar-refractivity contribution in [2.24, 2.45) is 0 Å². The van der Waals surface area contributed by atoms with E-state index in [-0.39, 0.29) is 19.2 Å². The van der Waals surface area contributed by atoms with Gasteiger partial charge in [-0.05, 0) is 89.9 Å². The summed E-state index contributed by atoms with van der Waals surface area (Å²) >= 11 is 0. The van der Waals surface area contributed by atoms with Gasteiger partial charge < -0.3 is 39.4 Å². The molecule has 1 aliphatic rings. The molecule has 6 atom stereocenters. The van der Waals surface area contributed by atoms with Crippen molar-refractivity contribution >= 4 is 5.97 Å². The van der Waals surface area contributed by atoms with E-state index < -0.39 is 43.4 Å². The van der Waals surface area contributed by atoms with Gasteiger partial charge in [0.15, 0.2) is 6.29 Å². The Bertz CT molecular complexity index is 1350. The van der Waals surface area contributed by atoms with Crippen molar-refractivity contribution < 1.29 is 44.2 Å². The van der Waals surface area contributed by atoms with E-state index in [1.807, 2.05) is 0 Å². The molecule has 6 unspecified atom stereocenters. The number of hydrogen-bond donors (Lipinski definition) is 4. The number of aliphatic hydroxyl groups excluding tert-OH is 4. The minimum atomic E-state index is -1.54. The molecule has 0 aromatic rings. The largest absolute Gasteiger partial charge is 0.457 e. The SMILES string of the molecule is CC/C=C\C/C=C\C/C=C\C/C=C\CCCCCCCCCCCCC(=O)OC(COCCCCCCCCCCC/C=C\C/C=C\C/C=C\CCCCCCC)COC1OC(CO)C(O)C(O)C1O. The zero-order valence-electron chi connectivity index (χ0n) is 44.7. The quantitative estimate of drug-likeness (QED) is 0.0267. The number of ether oxygens (including phenoxy) is 4. The smallest absolute Gasteiger partial charge is 0.306 e. The Morgan fingerprint density at radius 1 is 0.471 bits per heavy atom. The summed E-state index contributed by atoms with van der Waals surface area (Å²) in [7, 11) is 0. The molecule has 1 fully saturated rings. The van der Waals surface area contributed by atoms with E-state index in [9.17, 15) is 25.2 Å². The Kier molecular flexibility index (Phi) is 47.9. The number of esters is 1. The molecular formula is C61H106O9. The fourth-order valence-electron chi connectivity index (χ4n) is 8.37. The fourth-order valence-corrected chi connectivity index (χ4v) is 8.37. The summed E-state index contributed by atoms with van der Waals surface area (Å²) in [5, 5.41) is 40.4. The molecule has 4 N–H and O–H groups in total. The maximum Gasteiger partial charge on any atom is 0.306 e. The first kappa shape index (κ1) is 65.4. The lowest BCUT2D eigenvalue weighted by atomic mass is 9.99. The second kappa shape index (κ2) is 51.3. The second-order valence-corrected chi connectivity index (χ2v) is 19.4. The topological polar surface area (TPSA) is 135 Å². The average Bonchev–Trinajstić information content (AvgIpc) is 3.36. The lowest BCUT2D eigenvalue weighted by Crippen LogP contribution is -2.59. The van der Waals surface area contributed by atoms with Gasteiger partial charge in [0.05, 0.1) is 19.8 Å². The summed E-state index contributed by atoms with van der Waals surface area (Å²) in [6.45, 7) is 4.43. The monoisotopic (exact) mass is 983 g/mol. The van der Waals surface area contributed by atoms with Crippen LogP contribution in [0.3, 0.4) is 0 Å². The third-order valence-corrected chi connectivity index (χ3v) is 12.8. The Morgan fingerprint density at radius 3 is 1.31 bits per heavy atom. The normalized spacial score (nSPS) is 19.5. The van der Waals surface area contributed by atoms with Gasteiger partial charge in [0.25, 0.3) is 0 Å². The molecule has 0 amide bonds. The standard InChI is InChI=1S/C61H106O9/c1-3-5-7-9-11-13-15-17-19-21-23-25-27-29-31-33-35-37-39-41-43-45-47-49-51-67-53-55(54-68-61-60(66)59(65)58(64)56(52-62)70-61)69-57(63)50-48-46-44-42-40-38-36-34-32-30-28-26-24-22-20-18-16-14-12-10-8-6-4-2/h6,8,12,14-15,17-18,20-21,23-24,26-27,29,55-56,58-62,64-66H,3-5,7,9-11,13,16,19,22,25,28,30-54H2,1-2H3/b8-6-,14-12-,17-15-,20-18-,23-21-,26-24-,29-27-. The van der Waals surface area contributed by atoms with Crippen molar-refractivity contribution in [1.29, 1.82) is 0 Å². The summed E-state index contributed by atoms with van der Waals surface area (Å²) in [4.78, 5) is 12.9. The van der Waals surface area contributed by atoms with E-state index in [4.69, 9.17) is 18.9 Å². The van der Waals surface area contributed by atoms with Gasteiger partial charge in [-0.2, -0.15) is 0 Å². The first-order valence-corrected chi connectivity index (χ1v) is 28.7. The minimum absolute atomic E-state index is 0.121. The maximum atomic E-state index is 12.9. The lowest BCUT2D eigenvalue weighted by molar-refractivity contribution is -0.305. The fraction of sp³-hybridized carbons (Fsp3) is 0.754. The van der Waals surface area contributed by atoms with Gasteiger partial charge in [-0.3, -0.25) is 4.79 Å². The third kappa shape index (κ3) is 40.9. The molecule has 9 heteroatoms. The molecule has 1 heterocycles. The number of carbonyl (C=O) groups excluding carboxylic acids is 1. The molecule has 1 rings (SSSR count). The van der Waals surface area contributed by atoms with Gasteiger partial charge in [0.1, 0.15) is 30.5 Å². The van der Waals surface area contributed by atoms with Crippen LogP contribution in [0.1, 0.15) is 232 Å². The zero-order valence-corrected chi connectivity index (χ0v) is 44.7. The Hall–Kier alpha value is -2.63. The van der Waals surface area contributed by atoms with E-state index in [2.05, 4.69) is 98.9 Å². The Balaban J connectivity index is 2.18. The van der Waals surface area contributed by atoms with E-state index in [0.29, 0.717) is 13.0 Å². The van der Waals surface area contributed by atoms with Gasteiger partial charge in [-0.15, -0.1) is 0 Å². The molecule has 404 valence electrons. The van der Waals surface area contributed by atoms with Crippen LogP contribution in [-0.2, 0) is 23.7 Å². The highest BCUT2D eigenvalue weighted by Gasteiger charge is 2.44. The molecule has 70 heavy (non-hydrogen) atoms. The highest BCUT2D eigenvalue weighted by atomic mass is 16.7. The molecule has 0 radical (unpaired) electrons. The van der Waals surface area contributed by atoms with Crippen LogP contribution in [0, 0.1) is 0 Å². The highest BCUT2D eigenvalue weighted by molar-refractivity contribution is 5.69. The maximum absolute atomic E-state index is 12.9. The molecule has 0 saturated carbocycles. The number of hydrogen-bond acceptors (Lipinski definition) is 9. The molecule has 1 aliphatic heterocycles. The Morgan fingerprint density at radius 2 is 0.871 bits per heavy atom. The van der Waals surface area contributed by atoms with Crippen molar-refractivity contribution in [1.82, 2.24) is 0 Å². The molecule has 0 aromatic carbocycles. The summed E-state index contributed by atoms with van der Waals surface area (Å²) in [6, 6.07) is 0. The Labute approximate surface area is 429 Å². The van der Waals surface area contributed by atoms with E-state index in [1.54, 1.807) is 0 Å². The minimum Gasteiger partial charge on any atom is -0.457 e. The van der Waals surface area contributed by atoms with Crippen LogP contribution in [0.5, 0.6) is 0 Å². The van der Waals surface area contributed by atoms with Crippen LogP contribution < -0.4 is 0 Å². The average molecular weight is 984 g/mol. The van der Waals surface area contributed by atoms with E-state index >= 15 is 0 Å². The van der Waals surface area contributed by atoms with Crippen molar-refractivity contribution in [2.75, 3.05) is 26.4 Å². The molecule has 0 aromatic heterocycles. The van der Waals surface area contributed by atoms with Gasteiger partial charge in [-0.25, -0.2) is 0 Å². The summed E-state index contributed by atoms with van der Waals surface area (Å²) in [6.07, 6.45) is 63.3. The van der Waals surface area contributed by atoms with Crippen molar-refractivity contribution in [3.05, 3.63) is 85.1 Å². The molecule has 0 spiro atoms. The van der Waals surface area contributed by atoms with Crippen LogP contribution in [0.15, 0.2) is 85.1 Å². The van der Waals surface area contributed by atoms with Crippen LogP contribution in [0.25, 0.3) is 0 Å². The van der Waals surface area contributed by atoms with Gasteiger partial charge >= 0.3 is 5.97 Å². The molecule has 0 bridgehead atoms. The summed E-state index contributed by atoms with van der Waals surface area (Å²) < 4.78 is 23.0. The van der Waals surface area contributed by atoms with E-state index in [0.717, 1.165) is 77.0 Å². The molecule has 9 nitrogen and oxygen atoms in total. The summed E-state index contributed by atoms with van der Waals surface area (Å²) in [5.41, 5.74) is 0. The van der Waals surface area contributed by atoms with Gasteiger partial charge in [0, 0.05) is 13.0 Å². The molecule has 0 aliphatic carbocycles. The number of unbranched alkanes of at least 4 members (excludes halogenated alkanes) is 24. The van der Waals surface area contributed by atoms with Crippen molar-refractivity contribution in [3.63, 3.8) is 0 Å². The van der Waals surface area contributed by atoms with Crippen LogP contribution >= 0.6 is 0 Å². The predicted molar refractivity (Wildman–Crippen MR) is 293 cm³/mol. The van der Waals surface area contributed by atoms with Gasteiger partial charge in [0.2, 0.25) is 0 Å². The van der Waals surface area contributed by atoms with Gasteiger partial charge in [-0.1, -0.05) is 221 Å². The first-order valence-electron chi connectivity index (χ1n) is 28.7. The number of aliphatic hydroxyl groups is 4. The van der Waals surface area contributed by atoms with Crippen LogP contribution in [0.2, 0.25) is 0 Å². The molecule has 1 saturated heterocycles. The van der Waals surface area contributed by atoms with Crippen molar-refractivity contribution in [2.45, 2.75) is 269 Å². The van der Waals surface area contributed by atoms with Crippen LogP contribution in [-0.4, -0.2) is 89.6 Å². The van der Waals surface area contributed by atoms with Crippen molar-refractivity contribution in [3.8, 4) is 0 Å². The second-order valence-electron chi connectivity index (χ2n) is 19.4. The zero-order chi connectivity index (χ0) is 50.6. The number of carbonyl (C=O) groups is 1. The lowest BCUT2D eigenvalue weighted by Gasteiger charge is -2.39. The van der Waals surface area contributed by atoms with E-state index in [1.165, 1.54) is 135 Å². The highest BCUT2D eigenvalue weighted by Crippen LogP contribution is 2.23. The number of rotatable bonds is 49. The first-order chi connectivity index (χ1) is 34.4. The third-order valence-electron chi connectivity index (χ3n) is 12.8. The predicted octanol–water partition coefficient (Wildman–Crippen LogP) is 14.9.